The minimum absolute atomic E-state index is 0.00669. The summed E-state index contributed by atoms with van der Waals surface area (Å²) in [5.41, 5.74) is 0.793. The Morgan fingerprint density at radius 1 is 1.39 bits per heavy atom. The van der Waals surface area contributed by atoms with E-state index in [2.05, 4.69) is 36.0 Å². The minimum Gasteiger partial charge on any atom is -0.352 e. The van der Waals surface area contributed by atoms with Crippen molar-refractivity contribution >= 4 is 11.7 Å². The Balaban J connectivity index is 1.81. The Hall–Kier alpha value is -1.58. The third-order valence-corrected chi connectivity index (χ3v) is 5.56. The molecule has 1 aliphatic heterocycles. The lowest BCUT2D eigenvalue weighted by Gasteiger charge is -2.38. The molecule has 0 bridgehead atoms. The molecule has 1 saturated heterocycles. The van der Waals surface area contributed by atoms with Gasteiger partial charge >= 0.3 is 0 Å². The summed E-state index contributed by atoms with van der Waals surface area (Å²) < 4.78 is 0. The van der Waals surface area contributed by atoms with E-state index >= 15 is 0 Å². The van der Waals surface area contributed by atoms with Crippen LogP contribution in [0.4, 0.5) is 5.82 Å². The minimum atomic E-state index is 0.00669. The quantitative estimate of drug-likeness (QED) is 0.815. The van der Waals surface area contributed by atoms with Gasteiger partial charge in [-0.05, 0) is 63.5 Å². The van der Waals surface area contributed by atoms with E-state index in [4.69, 9.17) is 0 Å². The molecule has 1 amide bonds. The zero-order valence-electron chi connectivity index (χ0n) is 14.6. The highest BCUT2D eigenvalue weighted by Gasteiger charge is 2.49. The molecule has 0 radical (unpaired) electrons. The van der Waals surface area contributed by atoms with Gasteiger partial charge in [-0.2, -0.15) is 0 Å². The summed E-state index contributed by atoms with van der Waals surface area (Å²) >= 11 is 0. The smallest absolute Gasteiger partial charge is 0.255 e. The zero-order chi connectivity index (χ0) is 16.4. The van der Waals surface area contributed by atoms with E-state index in [1.54, 1.807) is 6.20 Å². The fraction of sp³-hybridized carbons (Fsp3) is 0.684. The molecule has 1 aliphatic carbocycles. The first-order valence-electron chi connectivity index (χ1n) is 9.06. The molecule has 4 nitrogen and oxygen atoms in total. The number of carbonyl (C=O) groups is 1. The predicted octanol–water partition coefficient (Wildman–Crippen LogP) is 3.63. The second-order valence-corrected chi connectivity index (χ2v) is 7.52. The van der Waals surface area contributed by atoms with E-state index < -0.39 is 0 Å². The number of rotatable bonds is 6. The average Bonchev–Trinajstić information content (AvgIpc) is 3.31. The molecule has 1 N–H and O–H groups in total. The van der Waals surface area contributed by atoms with Crippen LogP contribution in [0.2, 0.25) is 0 Å². The summed E-state index contributed by atoms with van der Waals surface area (Å²) in [4.78, 5) is 19.5. The van der Waals surface area contributed by atoms with Gasteiger partial charge in [0.1, 0.15) is 5.82 Å². The Morgan fingerprint density at radius 3 is 2.87 bits per heavy atom. The number of nitrogens with zero attached hydrogens (tertiary/aromatic N) is 2. The summed E-state index contributed by atoms with van der Waals surface area (Å²) in [6.07, 6.45) is 7.86. The summed E-state index contributed by atoms with van der Waals surface area (Å²) in [7, 11) is 0. The van der Waals surface area contributed by atoms with Crippen LogP contribution in [0, 0.1) is 11.8 Å². The van der Waals surface area contributed by atoms with E-state index in [-0.39, 0.29) is 11.4 Å². The van der Waals surface area contributed by atoms with E-state index in [1.165, 1.54) is 19.3 Å². The number of hydrogen-bond acceptors (Lipinski definition) is 3. The lowest BCUT2D eigenvalue weighted by atomic mass is 9.84. The lowest BCUT2D eigenvalue weighted by Crippen LogP contribution is -2.44. The molecule has 1 saturated carbocycles. The number of pyridine rings is 1. The van der Waals surface area contributed by atoms with Gasteiger partial charge in [0, 0.05) is 24.8 Å². The van der Waals surface area contributed by atoms with Crippen LogP contribution < -0.4 is 10.2 Å². The van der Waals surface area contributed by atoms with Crippen molar-refractivity contribution in [1.82, 2.24) is 10.3 Å². The highest BCUT2D eigenvalue weighted by atomic mass is 16.1. The molecular formula is C19H29N3O. The SMILES string of the molecule is CCCCNC(=O)c1cccnc1N1CCC(C2CC2)C1(C)C. The van der Waals surface area contributed by atoms with Gasteiger partial charge in [-0.15, -0.1) is 0 Å². The number of carbonyl (C=O) groups excluding carboxylic acids is 1. The molecule has 2 fully saturated rings. The monoisotopic (exact) mass is 315 g/mol. The second-order valence-electron chi connectivity index (χ2n) is 7.52. The van der Waals surface area contributed by atoms with E-state index in [0.717, 1.165) is 43.6 Å². The molecule has 1 atom stereocenters. The van der Waals surface area contributed by atoms with Crippen molar-refractivity contribution in [3.8, 4) is 0 Å². The molecule has 4 heteroatoms. The van der Waals surface area contributed by atoms with Crippen LogP contribution in [0.25, 0.3) is 0 Å². The van der Waals surface area contributed by atoms with Crippen molar-refractivity contribution in [2.45, 2.75) is 58.4 Å². The topological polar surface area (TPSA) is 45.2 Å². The lowest BCUT2D eigenvalue weighted by molar-refractivity contribution is 0.0953. The number of nitrogens with one attached hydrogen (secondary N) is 1. The summed E-state index contributed by atoms with van der Waals surface area (Å²) in [5.74, 6) is 2.46. The van der Waals surface area contributed by atoms with Gasteiger partial charge in [-0.1, -0.05) is 13.3 Å². The number of hydrogen-bond donors (Lipinski definition) is 1. The van der Waals surface area contributed by atoms with Gasteiger partial charge in [0.25, 0.3) is 5.91 Å². The molecule has 3 rings (SSSR count). The maximum absolute atomic E-state index is 12.6. The molecule has 1 aromatic heterocycles. The van der Waals surface area contributed by atoms with Crippen LogP contribution in [-0.4, -0.2) is 29.5 Å². The van der Waals surface area contributed by atoms with Gasteiger partial charge < -0.3 is 10.2 Å². The first-order valence-corrected chi connectivity index (χ1v) is 9.06. The first kappa shape index (κ1) is 16.3. The van der Waals surface area contributed by atoms with Crippen molar-refractivity contribution in [1.29, 1.82) is 0 Å². The van der Waals surface area contributed by atoms with Crippen molar-refractivity contribution in [2.75, 3.05) is 18.0 Å². The molecule has 1 aromatic rings. The molecular weight excluding hydrogens is 286 g/mol. The van der Waals surface area contributed by atoms with Gasteiger partial charge in [-0.3, -0.25) is 4.79 Å². The molecule has 0 spiro atoms. The van der Waals surface area contributed by atoms with Gasteiger partial charge in [0.2, 0.25) is 0 Å². The molecule has 0 aromatic carbocycles. The van der Waals surface area contributed by atoms with E-state index in [9.17, 15) is 4.79 Å². The fourth-order valence-corrected chi connectivity index (χ4v) is 4.06. The fourth-order valence-electron chi connectivity index (χ4n) is 4.06. The number of anilines is 1. The molecule has 2 aliphatic rings. The Kier molecular flexibility index (Phi) is 4.60. The Morgan fingerprint density at radius 2 is 2.17 bits per heavy atom. The second kappa shape index (κ2) is 6.50. The van der Waals surface area contributed by atoms with Crippen molar-refractivity contribution in [2.24, 2.45) is 11.8 Å². The van der Waals surface area contributed by atoms with Gasteiger partial charge in [-0.25, -0.2) is 4.98 Å². The highest BCUT2D eigenvalue weighted by molar-refractivity contribution is 5.99. The van der Waals surface area contributed by atoms with Crippen molar-refractivity contribution < 1.29 is 4.79 Å². The third-order valence-electron chi connectivity index (χ3n) is 5.56. The van der Waals surface area contributed by atoms with E-state index in [0.29, 0.717) is 5.56 Å². The maximum atomic E-state index is 12.6. The largest absolute Gasteiger partial charge is 0.352 e. The van der Waals surface area contributed by atoms with Crippen LogP contribution in [0.1, 0.15) is 63.2 Å². The van der Waals surface area contributed by atoms with E-state index in [1.807, 2.05) is 12.1 Å². The number of unbranched alkanes of at least 4 members (excludes halogenated alkanes) is 1. The Bertz CT molecular complexity index is 565. The zero-order valence-corrected chi connectivity index (χ0v) is 14.6. The van der Waals surface area contributed by atoms with Crippen LogP contribution in [0.15, 0.2) is 18.3 Å². The van der Waals surface area contributed by atoms with Crippen LogP contribution in [0.3, 0.4) is 0 Å². The van der Waals surface area contributed by atoms with Crippen molar-refractivity contribution in [3.63, 3.8) is 0 Å². The maximum Gasteiger partial charge on any atom is 0.255 e. The number of aromatic nitrogens is 1. The first-order chi connectivity index (χ1) is 11.1. The van der Waals surface area contributed by atoms with Crippen LogP contribution in [0.5, 0.6) is 0 Å². The van der Waals surface area contributed by atoms with Crippen LogP contribution in [-0.2, 0) is 0 Å². The molecule has 2 heterocycles. The average molecular weight is 315 g/mol. The highest BCUT2D eigenvalue weighted by Crippen LogP contribution is 2.50. The third kappa shape index (κ3) is 3.22. The van der Waals surface area contributed by atoms with Gasteiger partial charge in [0.15, 0.2) is 0 Å². The summed E-state index contributed by atoms with van der Waals surface area (Å²) in [5, 5.41) is 3.03. The molecule has 126 valence electrons. The predicted molar refractivity (Wildman–Crippen MR) is 93.7 cm³/mol. The number of amides is 1. The Labute approximate surface area is 139 Å². The summed E-state index contributed by atoms with van der Waals surface area (Å²) in [6.45, 7) is 8.50. The van der Waals surface area contributed by atoms with Gasteiger partial charge in [0.05, 0.1) is 5.56 Å². The molecule has 23 heavy (non-hydrogen) atoms. The standard InChI is InChI=1S/C19H29N3O/c1-4-5-11-21-18(23)15-7-6-12-20-17(15)22-13-10-16(14-8-9-14)19(22,2)3/h6-7,12,14,16H,4-5,8-11,13H2,1-3H3,(H,21,23). The molecule has 1 unspecified atom stereocenters. The summed E-state index contributed by atoms with van der Waals surface area (Å²) in [6, 6.07) is 3.77. The normalized spacial score (nSPS) is 23.1. The van der Waals surface area contributed by atoms with Crippen LogP contribution >= 0.6 is 0 Å². The van der Waals surface area contributed by atoms with Crippen molar-refractivity contribution in [3.05, 3.63) is 23.9 Å².